The van der Waals surface area contributed by atoms with Crippen LogP contribution in [0.1, 0.15) is 70.2 Å². The number of unbranched alkanes of at least 4 members (excludes halogenated alkanes) is 2. The minimum absolute atomic E-state index is 0.344. The van der Waals surface area contributed by atoms with Crippen molar-refractivity contribution in [2.24, 2.45) is 5.73 Å². The number of hydrogen-bond acceptors (Lipinski definition) is 4. The van der Waals surface area contributed by atoms with Crippen LogP contribution in [0.25, 0.3) is 0 Å². The maximum absolute atomic E-state index is 5.94. The molecule has 21 heavy (non-hydrogen) atoms. The Kier molecular flexibility index (Phi) is 7.57. The Morgan fingerprint density at radius 3 is 2.43 bits per heavy atom. The lowest BCUT2D eigenvalue weighted by Gasteiger charge is -2.19. The predicted octanol–water partition coefficient (Wildman–Crippen LogP) is 3.62. The summed E-state index contributed by atoms with van der Waals surface area (Å²) in [5.74, 6) is 0.737. The molecule has 5 heteroatoms. The summed E-state index contributed by atoms with van der Waals surface area (Å²) in [5.41, 5.74) is 8.93. The summed E-state index contributed by atoms with van der Waals surface area (Å²) in [7, 11) is 0. The lowest BCUT2D eigenvalue weighted by Crippen LogP contribution is -2.23. The zero-order valence-corrected chi connectivity index (χ0v) is 14.5. The third-order valence-corrected chi connectivity index (χ3v) is 3.92. The summed E-state index contributed by atoms with van der Waals surface area (Å²) in [6.45, 7) is 8.56. The van der Waals surface area contributed by atoms with E-state index < -0.39 is 0 Å². The Morgan fingerprint density at radius 2 is 1.90 bits per heavy atom. The summed E-state index contributed by atoms with van der Waals surface area (Å²) >= 11 is 5.24. The molecule has 0 aliphatic heterocycles. The van der Waals surface area contributed by atoms with Crippen LogP contribution in [0.3, 0.4) is 0 Å². The largest absolute Gasteiger partial charge is 0.389 e. The first-order valence-corrected chi connectivity index (χ1v) is 8.40. The third-order valence-electron chi connectivity index (χ3n) is 3.72. The molecular weight excluding hydrogens is 280 g/mol. The van der Waals surface area contributed by atoms with E-state index in [2.05, 4.69) is 43.2 Å². The van der Waals surface area contributed by atoms with Crippen molar-refractivity contribution in [3.05, 3.63) is 16.8 Å². The highest BCUT2D eigenvalue weighted by atomic mass is 32.1. The number of anilines is 1. The van der Waals surface area contributed by atoms with Gasteiger partial charge in [-0.3, -0.25) is 0 Å². The SMILES string of the molecule is CCCCCC(C)Nc1nnc(CC)c(CC)c1C(N)=S. The number of hydrogen-bond donors (Lipinski definition) is 2. The third kappa shape index (κ3) is 4.92. The molecule has 0 amide bonds. The van der Waals surface area contributed by atoms with Gasteiger partial charge in [-0.1, -0.05) is 52.3 Å². The summed E-state index contributed by atoms with van der Waals surface area (Å²) in [6, 6.07) is 0.344. The van der Waals surface area contributed by atoms with E-state index in [1.807, 2.05) is 0 Å². The number of aryl methyl sites for hydroxylation is 1. The van der Waals surface area contributed by atoms with E-state index in [4.69, 9.17) is 18.0 Å². The van der Waals surface area contributed by atoms with Gasteiger partial charge in [-0.2, -0.15) is 5.10 Å². The van der Waals surface area contributed by atoms with Crippen molar-refractivity contribution in [2.75, 3.05) is 5.32 Å². The van der Waals surface area contributed by atoms with Crippen LogP contribution in [0, 0.1) is 0 Å². The highest BCUT2D eigenvalue weighted by Crippen LogP contribution is 2.22. The Balaban J connectivity index is 2.98. The Bertz CT molecular complexity index is 474. The van der Waals surface area contributed by atoms with E-state index in [1.165, 1.54) is 19.3 Å². The normalized spacial score (nSPS) is 12.2. The van der Waals surface area contributed by atoms with E-state index in [1.54, 1.807) is 0 Å². The molecule has 0 spiro atoms. The van der Waals surface area contributed by atoms with Gasteiger partial charge in [0.05, 0.1) is 11.3 Å². The van der Waals surface area contributed by atoms with Gasteiger partial charge < -0.3 is 11.1 Å². The Morgan fingerprint density at radius 1 is 1.19 bits per heavy atom. The van der Waals surface area contributed by atoms with E-state index >= 15 is 0 Å². The zero-order valence-electron chi connectivity index (χ0n) is 13.7. The Labute approximate surface area is 133 Å². The molecule has 0 aromatic carbocycles. The van der Waals surface area contributed by atoms with Gasteiger partial charge >= 0.3 is 0 Å². The molecule has 0 aliphatic rings. The van der Waals surface area contributed by atoms with Crippen LogP contribution in [0.4, 0.5) is 5.82 Å². The van der Waals surface area contributed by atoms with Crippen molar-refractivity contribution < 1.29 is 0 Å². The van der Waals surface area contributed by atoms with Crippen molar-refractivity contribution in [1.29, 1.82) is 0 Å². The second-order valence-corrected chi connectivity index (χ2v) is 5.90. The first-order chi connectivity index (χ1) is 10.0. The summed E-state index contributed by atoms with van der Waals surface area (Å²) < 4.78 is 0. The molecule has 1 aromatic heterocycles. The van der Waals surface area contributed by atoms with Crippen molar-refractivity contribution in [2.45, 2.75) is 72.3 Å². The van der Waals surface area contributed by atoms with Crippen LogP contribution >= 0.6 is 12.2 Å². The van der Waals surface area contributed by atoms with Crippen molar-refractivity contribution in [3.63, 3.8) is 0 Å². The van der Waals surface area contributed by atoms with Crippen LogP contribution in [0.5, 0.6) is 0 Å². The molecule has 118 valence electrons. The minimum Gasteiger partial charge on any atom is -0.389 e. The van der Waals surface area contributed by atoms with Crippen molar-refractivity contribution >= 4 is 23.0 Å². The topological polar surface area (TPSA) is 63.8 Å². The lowest BCUT2D eigenvalue weighted by atomic mass is 10.0. The number of nitrogens with two attached hydrogens (primary N) is 1. The number of rotatable bonds is 9. The summed E-state index contributed by atoms with van der Waals surface area (Å²) in [5, 5.41) is 12.1. The average molecular weight is 308 g/mol. The van der Waals surface area contributed by atoms with Gasteiger partial charge in [0.2, 0.25) is 0 Å². The monoisotopic (exact) mass is 308 g/mol. The first-order valence-electron chi connectivity index (χ1n) is 7.99. The first kappa shape index (κ1) is 17.8. The summed E-state index contributed by atoms with van der Waals surface area (Å²) in [6.07, 6.45) is 6.53. The molecule has 0 bridgehead atoms. The molecule has 1 unspecified atom stereocenters. The van der Waals surface area contributed by atoms with Gasteiger partial charge in [0, 0.05) is 6.04 Å². The highest BCUT2D eigenvalue weighted by Gasteiger charge is 2.17. The standard InChI is InChI=1S/C16H28N4S/c1-5-8-9-10-11(4)18-16-14(15(17)21)12(6-2)13(7-3)19-20-16/h11H,5-10H2,1-4H3,(H2,17,21)(H,18,20). The van der Waals surface area contributed by atoms with E-state index in [0.717, 1.165) is 41.9 Å². The number of thiocarbonyl (C=S) groups is 1. The molecule has 0 saturated carbocycles. The molecular formula is C16H28N4S. The molecule has 0 fully saturated rings. The maximum Gasteiger partial charge on any atom is 0.159 e. The second kappa shape index (κ2) is 8.93. The second-order valence-electron chi connectivity index (χ2n) is 5.46. The molecule has 4 nitrogen and oxygen atoms in total. The molecule has 1 atom stereocenters. The molecule has 1 heterocycles. The van der Waals surface area contributed by atoms with Gasteiger partial charge in [-0.25, -0.2) is 0 Å². The van der Waals surface area contributed by atoms with Gasteiger partial charge in [0.25, 0.3) is 0 Å². The van der Waals surface area contributed by atoms with E-state index in [9.17, 15) is 0 Å². The fourth-order valence-electron chi connectivity index (χ4n) is 2.55. The van der Waals surface area contributed by atoms with Crippen molar-refractivity contribution in [3.8, 4) is 0 Å². The van der Waals surface area contributed by atoms with E-state index in [-0.39, 0.29) is 0 Å². The quantitative estimate of drug-likeness (QED) is 0.539. The van der Waals surface area contributed by atoms with Gasteiger partial charge in [0.1, 0.15) is 4.99 Å². The number of nitrogens with one attached hydrogen (secondary N) is 1. The zero-order chi connectivity index (χ0) is 15.8. The van der Waals surface area contributed by atoms with Crippen LogP contribution in [-0.4, -0.2) is 21.2 Å². The minimum atomic E-state index is 0.344. The van der Waals surface area contributed by atoms with Crippen LogP contribution in [0.15, 0.2) is 0 Å². The van der Waals surface area contributed by atoms with Crippen LogP contribution in [-0.2, 0) is 12.8 Å². The van der Waals surface area contributed by atoms with Gasteiger partial charge in [-0.15, -0.1) is 5.10 Å². The fraction of sp³-hybridized carbons (Fsp3) is 0.688. The van der Waals surface area contributed by atoms with Crippen LogP contribution in [0.2, 0.25) is 0 Å². The Hall–Kier alpha value is -1.23. The highest BCUT2D eigenvalue weighted by molar-refractivity contribution is 7.80. The molecule has 0 saturated heterocycles. The van der Waals surface area contributed by atoms with Crippen molar-refractivity contribution in [1.82, 2.24) is 10.2 Å². The molecule has 1 aromatic rings. The fourth-order valence-corrected chi connectivity index (χ4v) is 2.77. The maximum atomic E-state index is 5.94. The van der Waals surface area contributed by atoms with E-state index in [0.29, 0.717) is 11.0 Å². The number of aromatic nitrogens is 2. The van der Waals surface area contributed by atoms with Gasteiger partial charge in [-0.05, 0) is 31.7 Å². The molecule has 3 N–H and O–H groups in total. The number of nitrogens with zero attached hydrogens (tertiary/aromatic N) is 2. The molecule has 1 rings (SSSR count). The smallest absolute Gasteiger partial charge is 0.159 e. The lowest BCUT2D eigenvalue weighted by molar-refractivity contribution is 0.612. The molecule has 0 aliphatic carbocycles. The average Bonchev–Trinajstić information content (AvgIpc) is 2.46. The van der Waals surface area contributed by atoms with Gasteiger partial charge in [0.15, 0.2) is 5.82 Å². The summed E-state index contributed by atoms with van der Waals surface area (Å²) in [4.78, 5) is 0.403. The van der Waals surface area contributed by atoms with Crippen LogP contribution < -0.4 is 11.1 Å². The molecule has 0 radical (unpaired) electrons. The predicted molar refractivity (Wildman–Crippen MR) is 93.9 cm³/mol.